The Morgan fingerprint density at radius 2 is 1.95 bits per heavy atom. The quantitative estimate of drug-likeness (QED) is 0.626. The van der Waals surface area contributed by atoms with Crippen molar-refractivity contribution in [3.63, 3.8) is 0 Å². The maximum Gasteiger partial charge on any atom is 0.270 e. The Morgan fingerprint density at radius 3 is 2.53 bits per heavy atom. The van der Waals surface area contributed by atoms with E-state index in [9.17, 15) is 13.6 Å². The third-order valence-electron chi connectivity index (χ3n) is 2.76. The minimum absolute atomic E-state index is 0.154. The average Bonchev–Trinajstić information content (AvgIpc) is 2.58. The molecule has 4 nitrogen and oxygen atoms in total. The molecule has 6 heteroatoms. The van der Waals surface area contributed by atoms with Crippen LogP contribution in [0.25, 0.3) is 0 Å². The first kappa shape index (κ1) is 13.5. The highest BCUT2D eigenvalue weighted by Crippen LogP contribution is 2.39. The van der Waals surface area contributed by atoms with Gasteiger partial charge in [0.25, 0.3) is 5.92 Å². The molecule has 0 saturated carbocycles. The van der Waals surface area contributed by atoms with Crippen LogP contribution in [-0.2, 0) is 17.3 Å². The Labute approximate surface area is 109 Å². The number of nitrogens with zero attached hydrogens (tertiary/aromatic N) is 1. The lowest BCUT2D eigenvalue weighted by atomic mass is 10.0. The number of aliphatic imine (C=N–C) groups is 1. The lowest BCUT2D eigenvalue weighted by molar-refractivity contribution is 0.0163. The lowest BCUT2D eigenvalue weighted by Crippen LogP contribution is -2.11. The molecule has 0 saturated heterocycles. The number of isocyanates is 1. The summed E-state index contributed by atoms with van der Waals surface area (Å²) >= 11 is 0. The lowest BCUT2D eigenvalue weighted by Gasteiger charge is -2.17. The first-order valence-electron chi connectivity index (χ1n) is 5.87. The summed E-state index contributed by atoms with van der Waals surface area (Å²) in [6, 6.07) is 2.71. The Balaban J connectivity index is 2.50. The Bertz CT molecular complexity index is 519. The third kappa shape index (κ3) is 3.09. The molecule has 0 aromatic heterocycles. The highest BCUT2D eigenvalue weighted by Gasteiger charge is 2.30. The molecule has 0 fully saturated rings. The van der Waals surface area contributed by atoms with Crippen LogP contribution in [0.1, 0.15) is 24.5 Å². The Hall–Kier alpha value is -1.94. The predicted octanol–water partition coefficient (Wildman–Crippen LogP) is 2.80. The summed E-state index contributed by atoms with van der Waals surface area (Å²) in [6.45, 7) is 1.53. The molecule has 1 aromatic carbocycles. The normalized spacial score (nSPS) is 14.5. The maximum absolute atomic E-state index is 13.6. The molecule has 0 N–H and O–H groups in total. The fraction of sp³-hybridized carbons (Fsp3) is 0.462. The van der Waals surface area contributed by atoms with Gasteiger partial charge in [-0.2, -0.15) is 0 Å². The van der Waals surface area contributed by atoms with Crippen LogP contribution >= 0.6 is 0 Å². The number of rotatable bonds is 3. The minimum Gasteiger partial charge on any atom is -0.490 e. The van der Waals surface area contributed by atoms with Crippen LogP contribution in [0.4, 0.5) is 8.78 Å². The number of hydrogen-bond acceptors (Lipinski definition) is 4. The predicted molar refractivity (Wildman–Crippen MR) is 63.4 cm³/mol. The van der Waals surface area contributed by atoms with Crippen molar-refractivity contribution < 1.29 is 23.0 Å². The van der Waals surface area contributed by atoms with Gasteiger partial charge in [0.1, 0.15) is 0 Å². The highest BCUT2D eigenvalue weighted by atomic mass is 19.3. The second-order valence-electron chi connectivity index (χ2n) is 4.30. The zero-order valence-electron chi connectivity index (χ0n) is 10.4. The van der Waals surface area contributed by atoms with Crippen LogP contribution in [0.3, 0.4) is 0 Å². The molecular weight excluding hydrogens is 256 g/mol. The van der Waals surface area contributed by atoms with Crippen LogP contribution < -0.4 is 9.47 Å². The maximum atomic E-state index is 13.6. The molecule has 0 unspecified atom stereocenters. The number of fused-ring (bicyclic) bond motifs is 1. The second kappa shape index (κ2) is 5.36. The SMILES string of the molecule is CC(F)(F)c1cc2c(cc1CN=C=O)OCCCO2. The number of alkyl halides is 2. The molecule has 0 amide bonds. The second-order valence-corrected chi connectivity index (χ2v) is 4.30. The summed E-state index contributed by atoms with van der Waals surface area (Å²) in [6.07, 6.45) is 2.03. The van der Waals surface area contributed by atoms with Gasteiger partial charge in [-0.15, -0.1) is 0 Å². The first-order chi connectivity index (χ1) is 9.02. The van der Waals surface area contributed by atoms with E-state index in [1.807, 2.05) is 0 Å². The van der Waals surface area contributed by atoms with Crippen molar-refractivity contribution in [3.8, 4) is 11.5 Å². The molecule has 1 aliphatic rings. The number of hydrogen-bond donors (Lipinski definition) is 0. The summed E-state index contributed by atoms with van der Waals surface area (Å²) in [5, 5.41) is 0. The van der Waals surface area contributed by atoms with Crippen LogP contribution in [0.5, 0.6) is 11.5 Å². The van der Waals surface area contributed by atoms with Crippen molar-refractivity contribution in [3.05, 3.63) is 23.3 Å². The first-order valence-corrected chi connectivity index (χ1v) is 5.87. The molecule has 0 spiro atoms. The van der Waals surface area contributed by atoms with Gasteiger partial charge in [0.15, 0.2) is 11.5 Å². The number of halogens is 2. The van der Waals surface area contributed by atoms with E-state index in [4.69, 9.17) is 9.47 Å². The fourth-order valence-corrected chi connectivity index (χ4v) is 1.91. The number of carbonyl (C=O) groups excluding carboxylic acids is 1. The number of benzene rings is 1. The van der Waals surface area contributed by atoms with E-state index >= 15 is 0 Å². The van der Waals surface area contributed by atoms with E-state index in [1.165, 1.54) is 18.2 Å². The van der Waals surface area contributed by atoms with Gasteiger partial charge < -0.3 is 9.47 Å². The summed E-state index contributed by atoms with van der Waals surface area (Å²) in [5.74, 6) is -2.34. The van der Waals surface area contributed by atoms with E-state index in [-0.39, 0.29) is 17.7 Å². The van der Waals surface area contributed by atoms with Crippen LogP contribution in [0, 0.1) is 0 Å². The molecule has 1 aromatic rings. The molecule has 102 valence electrons. The van der Waals surface area contributed by atoms with E-state index in [1.54, 1.807) is 0 Å². The van der Waals surface area contributed by atoms with Crippen molar-refractivity contribution in [2.24, 2.45) is 4.99 Å². The van der Waals surface area contributed by atoms with E-state index in [2.05, 4.69) is 4.99 Å². The van der Waals surface area contributed by atoms with Crippen LogP contribution in [-0.4, -0.2) is 19.3 Å². The summed E-state index contributed by atoms with van der Waals surface area (Å²) in [4.78, 5) is 13.5. The topological polar surface area (TPSA) is 47.9 Å². The van der Waals surface area contributed by atoms with E-state index in [0.29, 0.717) is 31.1 Å². The molecule has 1 aliphatic heterocycles. The van der Waals surface area contributed by atoms with Crippen molar-refractivity contribution in [2.45, 2.75) is 25.8 Å². The van der Waals surface area contributed by atoms with Gasteiger partial charge >= 0.3 is 0 Å². The molecule has 0 atom stereocenters. The van der Waals surface area contributed by atoms with Crippen molar-refractivity contribution in [1.29, 1.82) is 0 Å². The highest BCUT2D eigenvalue weighted by molar-refractivity contribution is 5.49. The molecule has 0 radical (unpaired) electrons. The van der Waals surface area contributed by atoms with Gasteiger partial charge in [-0.25, -0.2) is 18.6 Å². The van der Waals surface area contributed by atoms with Gasteiger partial charge in [-0.3, -0.25) is 0 Å². The van der Waals surface area contributed by atoms with Gasteiger partial charge in [0.05, 0.1) is 19.8 Å². The largest absolute Gasteiger partial charge is 0.490 e. The Morgan fingerprint density at radius 1 is 1.32 bits per heavy atom. The summed E-state index contributed by atoms with van der Waals surface area (Å²) in [7, 11) is 0. The van der Waals surface area contributed by atoms with E-state index in [0.717, 1.165) is 6.92 Å². The Kier molecular flexibility index (Phi) is 3.81. The van der Waals surface area contributed by atoms with Crippen molar-refractivity contribution in [1.82, 2.24) is 0 Å². The van der Waals surface area contributed by atoms with Crippen LogP contribution in [0.2, 0.25) is 0 Å². The molecule has 19 heavy (non-hydrogen) atoms. The van der Waals surface area contributed by atoms with Crippen molar-refractivity contribution >= 4 is 6.08 Å². The smallest absolute Gasteiger partial charge is 0.270 e. The molecule has 1 heterocycles. The molecular formula is C13H13F2NO3. The van der Waals surface area contributed by atoms with Gasteiger partial charge in [-0.1, -0.05) is 0 Å². The van der Waals surface area contributed by atoms with Gasteiger partial charge in [-0.05, 0) is 17.7 Å². The summed E-state index contributed by atoms with van der Waals surface area (Å²) < 4.78 is 38.0. The van der Waals surface area contributed by atoms with Gasteiger partial charge in [0, 0.05) is 18.9 Å². The third-order valence-corrected chi connectivity index (χ3v) is 2.76. The minimum atomic E-state index is -3.04. The zero-order chi connectivity index (χ0) is 13.9. The van der Waals surface area contributed by atoms with Gasteiger partial charge in [0.2, 0.25) is 6.08 Å². The average molecular weight is 269 g/mol. The molecule has 2 rings (SSSR count). The van der Waals surface area contributed by atoms with E-state index < -0.39 is 5.92 Å². The standard InChI is InChI=1S/C13H13F2NO3/c1-13(14,15)10-6-12-11(18-3-2-4-19-12)5-9(10)7-16-8-17/h5-6H,2-4,7H2,1H3. The van der Waals surface area contributed by atoms with Crippen LogP contribution in [0.15, 0.2) is 17.1 Å². The fourth-order valence-electron chi connectivity index (χ4n) is 1.91. The number of ether oxygens (including phenoxy) is 2. The van der Waals surface area contributed by atoms with Crippen molar-refractivity contribution in [2.75, 3.05) is 13.2 Å². The summed E-state index contributed by atoms with van der Waals surface area (Å²) in [5.41, 5.74) is 0.0239. The monoisotopic (exact) mass is 269 g/mol. The molecule has 0 aliphatic carbocycles. The zero-order valence-corrected chi connectivity index (χ0v) is 10.4. The molecule has 0 bridgehead atoms.